The van der Waals surface area contributed by atoms with Crippen LogP contribution in [0.2, 0.25) is 0 Å². The van der Waals surface area contributed by atoms with Gasteiger partial charge in [0.1, 0.15) is 0 Å². The fourth-order valence-corrected chi connectivity index (χ4v) is 0.985. The minimum Gasteiger partial charge on any atom is -0.450 e. The lowest BCUT2D eigenvalue weighted by Crippen LogP contribution is -2.45. The first kappa shape index (κ1) is 13.1. The van der Waals surface area contributed by atoms with Crippen molar-refractivity contribution in [3.8, 4) is 0 Å². The first-order valence-corrected chi connectivity index (χ1v) is 4.58. The number of carbonyl (C=O) groups excluding carboxylic acids is 1. The van der Waals surface area contributed by atoms with Gasteiger partial charge in [0.15, 0.2) is 6.23 Å². The first-order valence-electron chi connectivity index (χ1n) is 3.44. The molecule has 0 aliphatic heterocycles. The average molecular weight is 251 g/mol. The molecule has 4 nitrogen and oxygen atoms in total. The lowest BCUT2D eigenvalue weighted by Gasteiger charge is -2.23. The number of ether oxygens (including phenoxy) is 2. The molecule has 0 aliphatic rings. The number of alkyl carbamates (subject to hydrolysis) is 1. The highest BCUT2D eigenvalue weighted by Crippen LogP contribution is 2.30. The third-order valence-electron chi connectivity index (χ3n) is 1.06. The van der Waals surface area contributed by atoms with Crippen molar-refractivity contribution >= 4 is 40.9 Å². The zero-order chi connectivity index (χ0) is 10.5. The molecule has 1 amide bonds. The number of nitrogens with one attached hydrogen (secondary N) is 1. The van der Waals surface area contributed by atoms with Crippen LogP contribution in [0, 0.1) is 0 Å². The number of carbonyl (C=O) groups is 1. The fraction of sp³-hybridized carbons (Fsp3) is 0.833. The van der Waals surface area contributed by atoms with E-state index < -0.39 is 16.1 Å². The second-order valence-corrected chi connectivity index (χ2v) is 4.39. The smallest absolute Gasteiger partial charge is 0.409 e. The van der Waals surface area contributed by atoms with Crippen LogP contribution in [0.5, 0.6) is 0 Å². The summed E-state index contributed by atoms with van der Waals surface area (Å²) in [5.41, 5.74) is 0. The lowest BCUT2D eigenvalue weighted by atomic mass is 10.6. The van der Waals surface area contributed by atoms with Crippen molar-refractivity contribution in [2.24, 2.45) is 0 Å². The van der Waals surface area contributed by atoms with Crippen molar-refractivity contribution < 1.29 is 14.3 Å². The van der Waals surface area contributed by atoms with Gasteiger partial charge in [0.25, 0.3) is 0 Å². The van der Waals surface area contributed by atoms with Crippen LogP contribution in [0.1, 0.15) is 6.92 Å². The van der Waals surface area contributed by atoms with Crippen LogP contribution in [-0.4, -0.2) is 29.8 Å². The van der Waals surface area contributed by atoms with Gasteiger partial charge in [0.2, 0.25) is 3.79 Å². The van der Waals surface area contributed by atoms with Gasteiger partial charge in [-0.1, -0.05) is 34.8 Å². The summed E-state index contributed by atoms with van der Waals surface area (Å²) in [5.74, 6) is 0. The number of hydrogen-bond donors (Lipinski definition) is 1. The Morgan fingerprint density at radius 3 is 2.38 bits per heavy atom. The molecule has 0 spiro atoms. The number of hydrogen-bond acceptors (Lipinski definition) is 3. The molecule has 0 saturated carbocycles. The van der Waals surface area contributed by atoms with E-state index in [0.29, 0.717) is 0 Å². The molecule has 0 aromatic heterocycles. The fourth-order valence-electron chi connectivity index (χ4n) is 0.554. The number of halogens is 3. The topological polar surface area (TPSA) is 47.6 Å². The summed E-state index contributed by atoms with van der Waals surface area (Å²) < 4.78 is 7.57. The lowest BCUT2D eigenvalue weighted by molar-refractivity contribution is 0.0655. The van der Waals surface area contributed by atoms with E-state index in [1.165, 1.54) is 7.11 Å². The number of rotatable bonds is 3. The maximum absolute atomic E-state index is 10.9. The second-order valence-electron chi connectivity index (χ2n) is 2.02. The summed E-state index contributed by atoms with van der Waals surface area (Å²) in [4.78, 5) is 10.9. The van der Waals surface area contributed by atoms with Crippen LogP contribution in [0.3, 0.4) is 0 Å². The Bertz CT molecular complexity index is 171. The summed E-state index contributed by atoms with van der Waals surface area (Å²) in [7, 11) is 1.30. The Labute approximate surface area is 91.4 Å². The molecule has 7 heteroatoms. The van der Waals surface area contributed by atoms with Crippen LogP contribution in [0.15, 0.2) is 0 Å². The van der Waals surface area contributed by atoms with Crippen molar-refractivity contribution in [2.45, 2.75) is 16.9 Å². The van der Waals surface area contributed by atoms with Crippen molar-refractivity contribution in [3.63, 3.8) is 0 Å². The molecule has 0 rings (SSSR count). The highest BCUT2D eigenvalue weighted by molar-refractivity contribution is 6.68. The summed E-state index contributed by atoms with van der Waals surface area (Å²) in [5, 5.41) is 2.23. The third-order valence-corrected chi connectivity index (χ3v) is 1.65. The van der Waals surface area contributed by atoms with Gasteiger partial charge in [-0.3, -0.25) is 5.32 Å². The Balaban J connectivity index is 4.06. The zero-order valence-corrected chi connectivity index (χ0v) is 9.41. The molecule has 0 aromatic rings. The maximum atomic E-state index is 10.9. The predicted molar refractivity (Wildman–Crippen MR) is 51.2 cm³/mol. The molecule has 0 bridgehead atoms. The summed E-state index contributed by atoms with van der Waals surface area (Å²) in [6.07, 6.45) is -1.72. The molecule has 0 aliphatic carbocycles. The summed E-state index contributed by atoms with van der Waals surface area (Å²) in [6, 6.07) is 0. The maximum Gasteiger partial charge on any atom is 0.409 e. The monoisotopic (exact) mass is 249 g/mol. The van der Waals surface area contributed by atoms with Crippen molar-refractivity contribution in [1.82, 2.24) is 5.32 Å². The Hall–Kier alpha value is 0.1000. The number of methoxy groups -OCH3 is 1. The highest BCUT2D eigenvalue weighted by Gasteiger charge is 2.34. The Morgan fingerprint density at radius 2 is 2.08 bits per heavy atom. The molecule has 0 unspecified atom stereocenters. The quantitative estimate of drug-likeness (QED) is 0.616. The second kappa shape index (κ2) is 5.75. The minimum absolute atomic E-state index is 0.238. The molecular weight excluding hydrogens is 240 g/mol. The zero-order valence-electron chi connectivity index (χ0n) is 7.14. The van der Waals surface area contributed by atoms with E-state index in [-0.39, 0.29) is 6.61 Å². The van der Waals surface area contributed by atoms with Gasteiger partial charge in [-0.05, 0) is 6.92 Å². The van der Waals surface area contributed by atoms with Crippen molar-refractivity contribution in [2.75, 3.05) is 13.7 Å². The van der Waals surface area contributed by atoms with Gasteiger partial charge in [0, 0.05) is 7.11 Å². The molecule has 1 atom stereocenters. The largest absolute Gasteiger partial charge is 0.450 e. The molecular formula is C6H10Cl3NO3. The Morgan fingerprint density at radius 1 is 1.54 bits per heavy atom. The summed E-state index contributed by atoms with van der Waals surface area (Å²) >= 11 is 16.4. The standard InChI is InChI=1S/C6H10Cl3NO3/c1-3-13-5(11)10-4(12-2)6(7,8)9/h4H,3H2,1-2H3,(H,10,11)/t4-/m1/s1. The van der Waals surface area contributed by atoms with Gasteiger partial charge in [-0.15, -0.1) is 0 Å². The van der Waals surface area contributed by atoms with E-state index in [9.17, 15) is 4.79 Å². The van der Waals surface area contributed by atoms with Crippen LogP contribution >= 0.6 is 34.8 Å². The van der Waals surface area contributed by atoms with Gasteiger partial charge in [0.05, 0.1) is 6.61 Å². The van der Waals surface area contributed by atoms with E-state index in [4.69, 9.17) is 39.5 Å². The van der Waals surface area contributed by atoms with Crippen molar-refractivity contribution in [3.05, 3.63) is 0 Å². The molecule has 0 aromatic carbocycles. The van der Waals surface area contributed by atoms with E-state index in [0.717, 1.165) is 0 Å². The van der Waals surface area contributed by atoms with E-state index in [1.54, 1.807) is 6.92 Å². The molecule has 0 fully saturated rings. The van der Waals surface area contributed by atoms with Gasteiger partial charge in [-0.25, -0.2) is 4.79 Å². The SMILES string of the molecule is CCOC(=O)N[C@H](OC)C(Cl)(Cl)Cl. The normalized spacial score (nSPS) is 13.6. The molecule has 0 heterocycles. The van der Waals surface area contributed by atoms with Crippen molar-refractivity contribution in [1.29, 1.82) is 0 Å². The highest BCUT2D eigenvalue weighted by atomic mass is 35.6. The van der Waals surface area contributed by atoms with Gasteiger partial charge < -0.3 is 9.47 Å². The van der Waals surface area contributed by atoms with Gasteiger partial charge >= 0.3 is 6.09 Å². The van der Waals surface area contributed by atoms with E-state index in [2.05, 4.69) is 10.1 Å². The molecule has 1 N–H and O–H groups in total. The molecule has 78 valence electrons. The predicted octanol–water partition coefficient (Wildman–Crippen LogP) is 2.08. The minimum atomic E-state index is -1.72. The van der Waals surface area contributed by atoms with Crippen LogP contribution < -0.4 is 5.32 Å². The number of amides is 1. The van der Waals surface area contributed by atoms with Crippen LogP contribution in [-0.2, 0) is 9.47 Å². The number of alkyl halides is 3. The first-order chi connectivity index (χ1) is 5.91. The average Bonchev–Trinajstić information content (AvgIpc) is 1.98. The molecule has 13 heavy (non-hydrogen) atoms. The van der Waals surface area contributed by atoms with Crippen LogP contribution in [0.4, 0.5) is 4.79 Å². The third kappa shape index (κ3) is 5.41. The Kier molecular flexibility index (Phi) is 5.80. The molecule has 0 saturated heterocycles. The van der Waals surface area contributed by atoms with E-state index in [1.807, 2.05) is 0 Å². The summed E-state index contributed by atoms with van der Waals surface area (Å²) in [6.45, 7) is 1.90. The van der Waals surface area contributed by atoms with Crippen LogP contribution in [0.25, 0.3) is 0 Å². The van der Waals surface area contributed by atoms with Gasteiger partial charge in [-0.2, -0.15) is 0 Å². The molecule has 0 radical (unpaired) electrons. The van der Waals surface area contributed by atoms with E-state index >= 15 is 0 Å².